The number of ether oxygens (including phenoxy) is 2. The Morgan fingerprint density at radius 2 is 1.95 bits per heavy atom. The van der Waals surface area contributed by atoms with Crippen LogP contribution in [0.2, 0.25) is 18.1 Å². The van der Waals surface area contributed by atoms with Crippen molar-refractivity contribution in [2.24, 2.45) is 17.8 Å². The van der Waals surface area contributed by atoms with Gasteiger partial charge in [-0.1, -0.05) is 58.8 Å². The van der Waals surface area contributed by atoms with Crippen molar-refractivity contribution in [3.05, 3.63) is 41.5 Å². The summed E-state index contributed by atoms with van der Waals surface area (Å²) in [5, 5.41) is 10.6. The molecule has 6 atom stereocenters. The Bertz CT molecular complexity index is 1030. The van der Waals surface area contributed by atoms with Crippen molar-refractivity contribution in [1.29, 1.82) is 0 Å². The lowest BCUT2D eigenvalue weighted by molar-refractivity contribution is -0.195. The lowest BCUT2D eigenvalue weighted by Crippen LogP contribution is -2.45. The van der Waals surface area contributed by atoms with Crippen LogP contribution in [0.3, 0.4) is 0 Å². The highest BCUT2D eigenvalue weighted by Crippen LogP contribution is 2.47. The number of fused-ring (bicyclic) bond motifs is 2. The normalized spacial score (nSPS) is 25.4. The topological polar surface area (TPSA) is 65.0 Å². The average Bonchev–Trinajstić information content (AvgIpc) is 3.14. The molecule has 0 radical (unpaired) electrons. The molecule has 2 unspecified atom stereocenters. The summed E-state index contributed by atoms with van der Waals surface area (Å²) in [5.74, 6) is -1.78. The molecule has 0 saturated heterocycles. The molecule has 226 valence electrons. The number of unbranched alkanes of at least 4 members (excludes halogenated alkanes) is 1. The first-order chi connectivity index (χ1) is 18.6. The van der Waals surface area contributed by atoms with Gasteiger partial charge in [0.1, 0.15) is 11.9 Å². The van der Waals surface area contributed by atoms with Gasteiger partial charge in [-0.15, -0.1) is 0 Å². The molecule has 1 fully saturated rings. The lowest BCUT2D eigenvalue weighted by Gasteiger charge is -2.40. The Kier molecular flexibility index (Phi) is 10.6. The number of carbonyl (C=O) groups is 1. The number of aliphatic hydroxyl groups is 1. The van der Waals surface area contributed by atoms with Crippen molar-refractivity contribution < 1.29 is 37.0 Å². The van der Waals surface area contributed by atoms with Crippen LogP contribution in [0.1, 0.15) is 82.1 Å². The van der Waals surface area contributed by atoms with E-state index in [-0.39, 0.29) is 35.5 Å². The third-order valence-corrected chi connectivity index (χ3v) is 13.6. The monoisotopic (exact) mass is 584 g/mol. The number of hydrogen-bond donors (Lipinski definition) is 1. The zero-order chi connectivity index (χ0) is 29.9. The maximum absolute atomic E-state index is 13.8. The highest BCUT2D eigenvalue weighted by molar-refractivity contribution is 6.74. The number of halogens is 3. The first-order valence-corrected chi connectivity index (χ1v) is 17.5. The molecular weight excluding hydrogens is 537 g/mol. The fourth-order valence-electron chi connectivity index (χ4n) is 5.68. The van der Waals surface area contributed by atoms with Crippen LogP contribution in [0.4, 0.5) is 13.2 Å². The standard InChI is InChI=1S/C31H47F3O5Si/c1-8-9-13-24(31(32,33)34)25(35)17-16-23-22-12-10-11-20-14-15-21(29(36)37-5)18-26(20)38-27(22)19-28(23)39-40(6,7)30(2,3)4/h14-18,22-25,27-28,35H,8-13,19H2,1-7H3/b17-16+/t22-,23-,24?,25?,27+,28-/m1/s1. The molecule has 1 aromatic carbocycles. The summed E-state index contributed by atoms with van der Waals surface area (Å²) >= 11 is 0. The molecule has 1 N–H and O–H groups in total. The lowest BCUT2D eigenvalue weighted by atomic mass is 9.86. The summed E-state index contributed by atoms with van der Waals surface area (Å²) in [6.45, 7) is 12.7. The predicted molar refractivity (Wildman–Crippen MR) is 153 cm³/mol. The molecule has 1 heterocycles. The second kappa shape index (κ2) is 13.0. The van der Waals surface area contributed by atoms with Crippen LogP contribution in [-0.4, -0.2) is 51.0 Å². The molecule has 0 amide bonds. The second-order valence-corrected chi connectivity index (χ2v) is 17.7. The van der Waals surface area contributed by atoms with Crippen molar-refractivity contribution in [3.63, 3.8) is 0 Å². The molecule has 1 aliphatic carbocycles. The minimum absolute atomic E-state index is 0.00753. The second-order valence-electron chi connectivity index (χ2n) is 12.9. The number of alkyl halides is 3. The Morgan fingerprint density at radius 3 is 2.55 bits per heavy atom. The van der Waals surface area contributed by atoms with Gasteiger partial charge in [0.15, 0.2) is 8.32 Å². The van der Waals surface area contributed by atoms with Gasteiger partial charge in [-0.2, -0.15) is 13.2 Å². The number of carbonyl (C=O) groups excluding carboxylic acids is 1. The Labute approximate surface area is 238 Å². The molecule has 1 saturated carbocycles. The summed E-state index contributed by atoms with van der Waals surface area (Å²) in [4.78, 5) is 12.2. The summed E-state index contributed by atoms with van der Waals surface area (Å²) in [5.41, 5.74) is 1.43. The molecule has 0 aromatic heterocycles. The van der Waals surface area contributed by atoms with E-state index in [4.69, 9.17) is 13.9 Å². The van der Waals surface area contributed by atoms with E-state index >= 15 is 0 Å². The predicted octanol–water partition coefficient (Wildman–Crippen LogP) is 7.87. The van der Waals surface area contributed by atoms with Crippen LogP contribution in [0.5, 0.6) is 5.75 Å². The van der Waals surface area contributed by atoms with Crippen LogP contribution < -0.4 is 4.74 Å². The van der Waals surface area contributed by atoms with Crippen molar-refractivity contribution in [3.8, 4) is 5.75 Å². The van der Waals surface area contributed by atoms with E-state index in [0.29, 0.717) is 30.6 Å². The van der Waals surface area contributed by atoms with Gasteiger partial charge in [-0.05, 0) is 61.5 Å². The zero-order valence-electron chi connectivity index (χ0n) is 25.0. The molecule has 1 aliphatic heterocycles. The van der Waals surface area contributed by atoms with Gasteiger partial charge in [0.2, 0.25) is 0 Å². The highest BCUT2D eigenvalue weighted by Gasteiger charge is 2.49. The smallest absolute Gasteiger partial charge is 0.394 e. The molecule has 0 spiro atoms. The number of aryl methyl sites for hydroxylation is 1. The van der Waals surface area contributed by atoms with Gasteiger partial charge in [-0.3, -0.25) is 0 Å². The van der Waals surface area contributed by atoms with E-state index in [0.717, 1.165) is 24.8 Å². The van der Waals surface area contributed by atoms with Gasteiger partial charge in [0.25, 0.3) is 0 Å². The molecule has 3 rings (SSSR count). The van der Waals surface area contributed by atoms with E-state index in [1.54, 1.807) is 18.2 Å². The van der Waals surface area contributed by atoms with E-state index in [1.807, 2.05) is 13.0 Å². The molecule has 0 bridgehead atoms. The quantitative estimate of drug-likeness (QED) is 0.182. The Morgan fingerprint density at radius 1 is 1.25 bits per heavy atom. The number of methoxy groups -OCH3 is 1. The Balaban J connectivity index is 1.94. The van der Waals surface area contributed by atoms with E-state index in [9.17, 15) is 23.1 Å². The molecule has 1 aromatic rings. The zero-order valence-corrected chi connectivity index (χ0v) is 26.0. The maximum Gasteiger partial charge on any atom is 0.394 e. The van der Waals surface area contributed by atoms with Crippen molar-refractivity contribution in [2.45, 2.75) is 115 Å². The number of hydrogen-bond acceptors (Lipinski definition) is 5. The molecular formula is C31H47F3O5Si. The van der Waals surface area contributed by atoms with E-state index in [2.05, 4.69) is 33.9 Å². The van der Waals surface area contributed by atoms with Crippen molar-refractivity contribution >= 4 is 14.3 Å². The maximum atomic E-state index is 13.8. The SMILES string of the molecule is CCCCC(C(O)/C=C/[C@@H]1[C@H]2CCCc3ccc(C(=O)OC)cc3O[C@H]2C[C@H]1O[Si](C)(C)C(C)(C)C)C(F)(F)F. The number of aliphatic hydroxyl groups excluding tert-OH is 1. The molecule has 9 heteroatoms. The average molecular weight is 585 g/mol. The van der Waals surface area contributed by atoms with E-state index < -0.39 is 32.5 Å². The number of rotatable bonds is 9. The minimum Gasteiger partial charge on any atom is -0.490 e. The number of esters is 1. The minimum atomic E-state index is -4.47. The highest BCUT2D eigenvalue weighted by atomic mass is 28.4. The first-order valence-electron chi connectivity index (χ1n) is 14.6. The number of benzene rings is 1. The molecule has 2 aliphatic rings. The van der Waals surface area contributed by atoms with E-state index in [1.165, 1.54) is 13.2 Å². The molecule has 40 heavy (non-hydrogen) atoms. The third-order valence-electron chi connectivity index (χ3n) is 9.10. The molecule has 5 nitrogen and oxygen atoms in total. The van der Waals surface area contributed by atoms with Gasteiger partial charge in [0, 0.05) is 18.3 Å². The fourth-order valence-corrected chi connectivity index (χ4v) is 7.05. The Hall–Kier alpha value is -1.84. The van der Waals surface area contributed by atoms with Crippen molar-refractivity contribution in [2.75, 3.05) is 7.11 Å². The summed E-state index contributed by atoms with van der Waals surface area (Å²) in [7, 11) is -0.880. The third kappa shape index (κ3) is 7.71. The van der Waals surface area contributed by atoms with Gasteiger partial charge < -0.3 is 19.0 Å². The van der Waals surface area contributed by atoms with Crippen LogP contribution >= 0.6 is 0 Å². The van der Waals surface area contributed by atoms with Gasteiger partial charge in [0.05, 0.1) is 30.8 Å². The summed E-state index contributed by atoms with van der Waals surface area (Å²) in [6, 6.07) is 5.37. The van der Waals surface area contributed by atoms with Crippen LogP contribution in [0, 0.1) is 17.8 Å². The van der Waals surface area contributed by atoms with Crippen LogP contribution in [0.15, 0.2) is 30.4 Å². The summed E-state index contributed by atoms with van der Waals surface area (Å²) in [6.07, 6.45) is 0.541. The van der Waals surface area contributed by atoms with Crippen LogP contribution in [-0.2, 0) is 15.6 Å². The summed E-state index contributed by atoms with van der Waals surface area (Å²) < 4.78 is 59.7. The first kappa shape index (κ1) is 32.7. The van der Waals surface area contributed by atoms with Gasteiger partial charge in [-0.25, -0.2) is 4.79 Å². The van der Waals surface area contributed by atoms with Crippen LogP contribution in [0.25, 0.3) is 0 Å². The largest absolute Gasteiger partial charge is 0.490 e. The van der Waals surface area contributed by atoms with Crippen molar-refractivity contribution in [1.82, 2.24) is 0 Å². The van der Waals surface area contributed by atoms with Gasteiger partial charge >= 0.3 is 12.1 Å². The fraction of sp³-hybridized carbons (Fsp3) is 0.710.